The molecule has 19 heavy (non-hydrogen) atoms. The largest absolute Gasteiger partial charge is 0.383 e. The molecule has 0 saturated carbocycles. The minimum absolute atomic E-state index is 0.140. The fourth-order valence-corrected chi connectivity index (χ4v) is 2.73. The topological polar surface area (TPSA) is 27.1 Å². The molecule has 1 heterocycles. The quantitative estimate of drug-likeness (QED) is 0.754. The van der Waals surface area contributed by atoms with E-state index in [9.17, 15) is 4.39 Å². The van der Waals surface area contributed by atoms with Gasteiger partial charge in [-0.2, -0.15) is 0 Å². The lowest BCUT2D eigenvalue weighted by Gasteiger charge is -2.19. The van der Waals surface area contributed by atoms with Crippen molar-refractivity contribution in [3.05, 3.63) is 28.2 Å². The first-order valence-electron chi connectivity index (χ1n) is 6.03. The second kappa shape index (κ2) is 6.20. The summed E-state index contributed by atoms with van der Waals surface area (Å²) in [6, 6.07) is 3.30. The minimum Gasteiger partial charge on any atom is -0.383 e. The van der Waals surface area contributed by atoms with E-state index in [0.29, 0.717) is 16.6 Å². The summed E-state index contributed by atoms with van der Waals surface area (Å²) in [6.07, 6.45) is 0.887. The molecular formula is C13H15BrClFN2O. The molecule has 0 aliphatic rings. The van der Waals surface area contributed by atoms with E-state index >= 15 is 0 Å². The molecule has 0 spiro atoms. The molecule has 2 rings (SSSR count). The molecule has 0 radical (unpaired) electrons. The molecule has 0 saturated heterocycles. The van der Waals surface area contributed by atoms with Crippen molar-refractivity contribution >= 4 is 38.6 Å². The van der Waals surface area contributed by atoms with Gasteiger partial charge in [0.2, 0.25) is 0 Å². The lowest BCUT2D eigenvalue weighted by molar-refractivity contribution is 0.153. The lowest BCUT2D eigenvalue weighted by atomic mass is 10.2. The van der Waals surface area contributed by atoms with Crippen LogP contribution in [0.15, 0.2) is 16.6 Å². The number of rotatable bonds is 5. The van der Waals surface area contributed by atoms with E-state index < -0.39 is 0 Å². The van der Waals surface area contributed by atoms with Gasteiger partial charge >= 0.3 is 0 Å². The average Bonchev–Trinajstić information content (AvgIpc) is 2.74. The van der Waals surface area contributed by atoms with Crippen LogP contribution in [-0.4, -0.2) is 23.3 Å². The summed E-state index contributed by atoms with van der Waals surface area (Å²) in [7, 11) is 1.66. The summed E-state index contributed by atoms with van der Waals surface area (Å²) in [4.78, 5) is 4.40. The Kier molecular flexibility index (Phi) is 4.81. The Labute approximate surface area is 124 Å². The Bertz CT molecular complexity index is 588. The number of benzene rings is 1. The molecule has 0 bridgehead atoms. The molecule has 1 atom stereocenters. The van der Waals surface area contributed by atoms with Gasteiger partial charge in [0.1, 0.15) is 11.6 Å². The first-order chi connectivity index (χ1) is 9.12. The van der Waals surface area contributed by atoms with Gasteiger partial charge in [-0.25, -0.2) is 9.37 Å². The van der Waals surface area contributed by atoms with Gasteiger partial charge in [-0.05, 0) is 28.4 Å². The molecule has 0 amide bonds. The van der Waals surface area contributed by atoms with E-state index in [1.165, 1.54) is 6.07 Å². The van der Waals surface area contributed by atoms with Crippen molar-refractivity contribution in [3.8, 4) is 0 Å². The number of alkyl halides is 1. The van der Waals surface area contributed by atoms with Crippen LogP contribution in [0.5, 0.6) is 0 Å². The maximum Gasteiger partial charge on any atom is 0.139 e. The standard InChI is InChI=1S/C13H15BrClFN2O/c1-3-8(7-19-2)18-12-4-9(14)10(16)5-11(12)17-13(18)6-15/h4-5,8H,3,6-7H2,1-2H3. The van der Waals surface area contributed by atoms with Crippen molar-refractivity contribution in [2.45, 2.75) is 25.3 Å². The summed E-state index contributed by atoms with van der Waals surface area (Å²) in [5.74, 6) is 0.699. The number of fused-ring (bicyclic) bond motifs is 1. The van der Waals surface area contributed by atoms with Gasteiger partial charge in [0, 0.05) is 13.2 Å². The van der Waals surface area contributed by atoms with E-state index in [1.54, 1.807) is 13.2 Å². The number of methoxy groups -OCH3 is 1. The van der Waals surface area contributed by atoms with E-state index in [0.717, 1.165) is 17.8 Å². The number of hydrogen-bond donors (Lipinski definition) is 0. The number of nitrogens with zero attached hydrogens (tertiary/aromatic N) is 2. The Morgan fingerprint density at radius 1 is 1.53 bits per heavy atom. The molecule has 0 N–H and O–H groups in total. The van der Waals surface area contributed by atoms with Gasteiger partial charge in [0.15, 0.2) is 0 Å². The van der Waals surface area contributed by atoms with Crippen molar-refractivity contribution < 1.29 is 9.13 Å². The molecule has 6 heteroatoms. The van der Waals surface area contributed by atoms with Gasteiger partial charge < -0.3 is 9.30 Å². The van der Waals surface area contributed by atoms with Gasteiger partial charge in [-0.15, -0.1) is 11.6 Å². The monoisotopic (exact) mass is 348 g/mol. The molecular weight excluding hydrogens is 335 g/mol. The van der Waals surface area contributed by atoms with Crippen LogP contribution in [0.3, 0.4) is 0 Å². The fourth-order valence-electron chi connectivity index (χ4n) is 2.21. The molecule has 0 aliphatic carbocycles. The van der Waals surface area contributed by atoms with Crippen molar-refractivity contribution in [2.24, 2.45) is 0 Å². The number of ether oxygens (including phenoxy) is 1. The highest BCUT2D eigenvalue weighted by Gasteiger charge is 2.18. The predicted molar refractivity (Wildman–Crippen MR) is 78.2 cm³/mol. The first kappa shape index (κ1) is 14.8. The number of imidazole rings is 1. The summed E-state index contributed by atoms with van der Waals surface area (Å²) < 4.78 is 21.3. The highest BCUT2D eigenvalue weighted by molar-refractivity contribution is 9.10. The van der Waals surface area contributed by atoms with Crippen LogP contribution in [0.1, 0.15) is 25.2 Å². The van der Waals surface area contributed by atoms with Crippen LogP contribution in [0.4, 0.5) is 4.39 Å². The Balaban J connectivity index is 2.65. The summed E-state index contributed by atoms with van der Waals surface area (Å²) in [5.41, 5.74) is 1.48. The molecule has 104 valence electrons. The van der Waals surface area contributed by atoms with E-state index in [1.807, 2.05) is 4.57 Å². The molecule has 1 aromatic heterocycles. The number of hydrogen-bond acceptors (Lipinski definition) is 2. The van der Waals surface area contributed by atoms with Crippen LogP contribution < -0.4 is 0 Å². The van der Waals surface area contributed by atoms with Gasteiger partial charge in [0.05, 0.1) is 34.0 Å². The van der Waals surface area contributed by atoms with Crippen molar-refractivity contribution in [2.75, 3.05) is 13.7 Å². The van der Waals surface area contributed by atoms with Crippen molar-refractivity contribution in [1.82, 2.24) is 9.55 Å². The summed E-state index contributed by atoms with van der Waals surface area (Å²) in [6.45, 7) is 2.65. The van der Waals surface area contributed by atoms with Crippen LogP contribution >= 0.6 is 27.5 Å². The van der Waals surface area contributed by atoms with Crippen LogP contribution in [0.2, 0.25) is 0 Å². The average molecular weight is 350 g/mol. The molecule has 0 fully saturated rings. The predicted octanol–water partition coefficient (Wildman–Crippen LogP) is 4.27. The summed E-state index contributed by atoms with van der Waals surface area (Å²) in [5, 5.41) is 0. The Morgan fingerprint density at radius 2 is 2.26 bits per heavy atom. The zero-order valence-electron chi connectivity index (χ0n) is 10.8. The maximum absolute atomic E-state index is 13.6. The summed E-state index contributed by atoms with van der Waals surface area (Å²) >= 11 is 9.17. The molecule has 2 aromatic rings. The smallest absolute Gasteiger partial charge is 0.139 e. The molecule has 1 aromatic carbocycles. The normalized spacial score (nSPS) is 13.1. The highest BCUT2D eigenvalue weighted by Crippen LogP contribution is 2.28. The second-order valence-corrected chi connectivity index (χ2v) is 5.43. The van der Waals surface area contributed by atoms with E-state index in [2.05, 4.69) is 27.8 Å². The lowest BCUT2D eigenvalue weighted by Crippen LogP contribution is -2.16. The third kappa shape index (κ3) is 2.78. The van der Waals surface area contributed by atoms with Gasteiger partial charge in [-0.1, -0.05) is 6.92 Å². The van der Waals surface area contributed by atoms with E-state index in [4.69, 9.17) is 16.3 Å². The number of aromatic nitrogens is 2. The van der Waals surface area contributed by atoms with E-state index in [-0.39, 0.29) is 17.7 Å². The minimum atomic E-state index is -0.321. The molecule has 1 unspecified atom stereocenters. The van der Waals surface area contributed by atoms with Crippen molar-refractivity contribution in [3.63, 3.8) is 0 Å². The first-order valence-corrected chi connectivity index (χ1v) is 7.35. The maximum atomic E-state index is 13.6. The number of halogens is 3. The highest BCUT2D eigenvalue weighted by atomic mass is 79.9. The molecule has 0 aliphatic heterocycles. The third-order valence-electron chi connectivity index (χ3n) is 3.12. The zero-order valence-corrected chi connectivity index (χ0v) is 13.1. The van der Waals surface area contributed by atoms with Gasteiger partial charge in [-0.3, -0.25) is 0 Å². The zero-order chi connectivity index (χ0) is 14.0. The second-order valence-electron chi connectivity index (χ2n) is 4.30. The van der Waals surface area contributed by atoms with Crippen LogP contribution in [-0.2, 0) is 10.6 Å². The van der Waals surface area contributed by atoms with Crippen LogP contribution in [0.25, 0.3) is 11.0 Å². The Morgan fingerprint density at radius 3 is 2.84 bits per heavy atom. The molecule has 3 nitrogen and oxygen atoms in total. The Hall–Kier alpha value is -0.650. The third-order valence-corrected chi connectivity index (χ3v) is 3.97. The SMILES string of the molecule is CCC(COC)n1c(CCl)nc2cc(F)c(Br)cc21. The van der Waals surface area contributed by atoms with Crippen molar-refractivity contribution in [1.29, 1.82) is 0 Å². The fraction of sp³-hybridized carbons (Fsp3) is 0.462. The van der Waals surface area contributed by atoms with Crippen LogP contribution in [0, 0.1) is 5.82 Å². The van der Waals surface area contributed by atoms with Gasteiger partial charge in [0.25, 0.3) is 0 Å².